The molecule has 1 N–H and O–H groups in total. The fourth-order valence-corrected chi connectivity index (χ4v) is 4.72. The van der Waals surface area contributed by atoms with E-state index in [0.717, 1.165) is 26.9 Å². The summed E-state index contributed by atoms with van der Waals surface area (Å²) in [6, 6.07) is 17.8. The quantitative estimate of drug-likeness (QED) is 0.731. The van der Waals surface area contributed by atoms with Crippen molar-refractivity contribution in [2.45, 2.75) is 9.79 Å². The average Bonchev–Trinajstić information content (AvgIpc) is 2.99. The van der Waals surface area contributed by atoms with Gasteiger partial charge in [-0.25, -0.2) is 0 Å². The summed E-state index contributed by atoms with van der Waals surface area (Å²) in [6.07, 6.45) is 4.14. The van der Waals surface area contributed by atoms with Crippen LogP contribution >= 0.6 is 10.9 Å². The number of phenols is 1. The first-order chi connectivity index (χ1) is 11.3. The van der Waals surface area contributed by atoms with Crippen molar-refractivity contribution in [1.29, 1.82) is 0 Å². The molecule has 0 atom stereocenters. The minimum absolute atomic E-state index is 0.327. The molecule has 0 saturated heterocycles. The molecular formula is C19H16NO2S. The minimum atomic E-state index is -0.334. The van der Waals surface area contributed by atoms with E-state index in [2.05, 4.69) is 40.3 Å². The van der Waals surface area contributed by atoms with Crippen LogP contribution in [0.15, 0.2) is 76.0 Å². The van der Waals surface area contributed by atoms with E-state index in [-0.39, 0.29) is 10.9 Å². The Morgan fingerprint density at radius 2 is 1.83 bits per heavy atom. The zero-order chi connectivity index (χ0) is 15.8. The Labute approximate surface area is 137 Å². The number of phenolic OH excluding ortho intramolecular Hbond substituents is 1. The maximum absolute atomic E-state index is 10.5. The van der Waals surface area contributed by atoms with Gasteiger partial charge in [0.1, 0.15) is 11.5 Å². The van der Waals surface area contributed by atoms with Crippen LogP contribution in [0.2, 0.25) is 0 Å². The molecule has 23 heavy (non-hydrogen) atoms. The monoisotopic (exact) mass is 322 g/mol. The molecule has 4 heteroatoms. The summed E-state index contributed by atoms with van der Waals surface area (Å²) < 4.78 is 7.36. The number of fused-ring (bicyclic) bond motifs is 3. The molecule has 1 aliphatic rings. The Bertz CT molecular complexity index is 881. The first-order valence-corrected chi connectivity index (χ1v) is 8.62. The van der Waals surface area contributed by atoms with Crippen molar-refractivity contribution in [3.05, 3.63) is 71.9 Å². The van der Waals surface area contributed by atoms with Gasteiger partial charge in [0, 0.05) is 16.8 Å². The zero-order valence-electron chi connectivity index (χ0n) is 12.6. The number of nitrogens with zero attached hydrogens (tertiary/aromatic N) is 1. The lowest BCUT2D eigenvalue weighted by molar-refractivity contribution is 0.414. The summed E-state index contributed by atoms with van der Waals surface area (Å²) in [4.78, 5) is 2.10. The van der Waals surface area contributed by atoms with Crippen LogP contribution in [-0.2, 0) is 0 Å². The highest BCUT2D eigenvalue weighted by Gasteiger charge is 2.21. The van der Waals surface area contributed by atoms with E-state index in [4.69, 9.17) is 4.74 Å². The van der Waals surface area contributed by atoms with Crippen LogP contribution in [0.25, 0.3) is 11.8 Å². The molecule has 0 saturated carbocycles. The van der Waals surface area contributed by atoms with Gasteiger partial charge in [0.25, 0.3) is 0 Å². The summed E-state index contributed by atoms with van der Waals surface area (Å²) in [5.41, 5.74) is 2.13. The van der Waals surface area contributed by atoms with E-state index in [1.54, 1.807) is 13.2 Å². The van der Waals surface area contributed by atoms with Gasteiger partial charge < -0.3 is 14.4 Å². The van der Waals surface area contributed by atoms with E-state index in [1.165, 1.54) is 0 Å². The number of aromatic hydroxyl groups is 1. The van der Waals surface area contributed by atoms with Crippen molar-refractivity contribution >= 4 is 17.0 Å². The lowest BCUT2D eigenvalue weighted by Gasteiger charge is -2.20. The van der Waals surface area contributed by atoms with Crippen LogP contribution in [0, 0.1) is 0 Å². The van der Waals surface area contributed by atoms with Gasteiger partial charge in [-0.15, -0.1) is 10.9 Å². The van der Waals surface area contributed by atoms with Gasteiger partial charge in [-0.2, -0.15) is 0 Å². The van der Waals surface area contributed by atoms with Crippen molar-refractivity contribution in [2.75, 3.05) is 7.11 Å². The van der Waals surface area contributed by atoms with E-state index < -0.39 is 0 Å². The van der Waals surface area contributed by atoms with Crippen LogP contribution in [0.3, 0.4) is 0 Å². The Morgan fingerprint density at radius 3 is 2.61 bits per heavy atom. The number of benzene rings is 2. The molecule has 2 aromatic carbocycles. The molecule has 0 bridgehead atoms. The molecule has 1 radical (unpaired) electrons. The van der Waals surface area contributed by atoms with Crippen LogP contribution in [0.1, 0.15) is 5.69 Å². The Morgan fingerprint density at radius 1 is 1.00 bits per heavy atom. The largest absolute Gasteiger partial charge is 0.507 e. The zero-order valence-corrected chi connectivity index (χ0v) is 13.5. The SMILES string of the molecule is COc1ccc([S]2C=Cc3cccn3-c3cccc(O)c32)cc1. The standard InChI is InChI=1S/C19H16NO2S/c1-22-15-7-9-16(10-8-15)23-13-11-14-4-3-12-20(14)17-5-2-6-18(21)19(17)23/h2-13,21H,1H3. The fraction of sp³-hybridized carbons (Fsp3) is 0.0526. The third-order valence-electron chi connectivity index (χ3n) is 3.92. The van der Waals surface area contributed by atoms with Crippen molar-refractivity contribution in [2.24, 2.45) is 0 Å². The van der Waals surface area contributed by atoms with Crippen LogP contribution in [0.5, 0.6) is 11.5 Å². The molecule has 0 aliphatic carbocycles. The van der Waals surface area contributed by atoms with Crippen molar-refractivity contribution < 1.29 is 9.84 Å². The van der Waals surface area contributed by atoms with Gasteiger partial charge >= 0.3 is 0 Å². The predicted octanol–water partition coefficient (Wildman–Crippen LogP) is 4.86. The summed E-state index contributed by atoms with van der Waals surface area (Å²) in [6.45, 7) is 0. The Hall–Kier alpha value is -2.59. The van der Waals surface area contributed by atoms with Crippen LogP contribution < -0.4 is 4.74 Å². The van der Waals surface area contributed by atoms with Crippen molar-refractivity contribution in [1.82, 2.24) is 4.57 Å². The van der Waals surface area contributed by atoms with Gasteiger partial charge in [0.15, 0.2) is 0 Å². The highest BCUT2D eigenvalue weighted by Crippen LogP contribution is 2.54. The van der Waals surface area contributed by atoms with E-state index in [9.17, 15) is 5.11 Å². The number of hydrogen-bond acceptors (Lipinski definition) is 2. The Balaban J connectivity index is 1.92. The third kappa shape index (κ3) is 2.32. The van der Waals surface area contributed by atoms with Crippen molar-refractivity contribution in [3.63, 3.8) is 0 Å². The fourth-order valence-electron chi connectivity index (χ4n) is 2.80. The summed E-state index contributed by atoms with van der Waals surface area (Å²) in [7, 11) is 1.33. The predicted molar refractivity (Wildman–Crippen MR) is 93.6 cm³/mol. The number of methoxy groups -OCH3 is 1. The van der Waals surface area contributed by atoms with Crippen LogP contribution in [0.4, 0.5) is 0 Å². The maximum atomic E-state index is 10.5. The van der Waals surface area contributed by atoms with Gasteiger partial charge in [-0.05, 0) is 60.0 Å². The first kappa shape index (κ1) is 14.0. The van der Waals surface area contributed by atoms with Gasteiger partial charge in [0.2, 0.25) is 0 Å². The second-order valence-corrected chi connectivity index (χ2v) is 7.07. The molecule has 0 spiro atoms. The molecule has 2 heterocycles. The molecular weight excluding hydrogens is 306 g/mol. The molecule has 4 rings (SSSR count). The number of ether oxygens (including phenoxy) is 1. The molecule has 1 aromatic heterocycles. The third-order valence-corrected chi connectivity index (χ3v) is 5.97. The molecule has 3 aromatic rings. The summed E-state index contributed by atoms with van der Waals surface area (Å²) in [5.74, 6) is 1.16. The number of aromatic nitrogens is 1. The smallest absolute Gasteiger partial charge is 0.131 e. The summed E-state index contributed by atoms with van der Waals surface area (Å²) >= 11 is 0. The second-order valence-electron chi connectivity index (χ2n) is 5.24. The van der Waals surface area contributed by atoms with E-state index in [1.807, 2.05) is 30.5 Å². The van der Waals surface area contributed by atoms with Gasteiger partial charge in [-0.1, -0.05) is 6.07 Å². The first-order valence-electron chi connectivity index (χ1n) is 7.33. The lowest BCUT2D eigenvalue weighted by atomic mass is 10.3. The molecule has 0 fully saturated rings. The normalized spacial score (nSPS) is 13.3. The van der Waals surface area contributed by atoms with E-state index in [0.29, 0.717) is 5.75 Å². The number of rotatable bonds is 2. The Kier molecular flexibility index (Phi) is 3.39. The molecule has 3 nitrogen and oxygen atoms in total. The molecule has 1 aliphatic heterocycles. The minimum Gasteiger partial charge on any atom is -0.507 e. The molecule has 0 unspecified atom stereocenters. The lowest BCUT2D eigenvalue weighted by Crippen LogP contribution is -1.97. The average molecular weight is 322 g/mol. The molecule has 0 amide bonds. The van der Waals surface area contributed by atoms with Crippen LogP contribution in [-0.4, -0.2) is 16.8 Å². The van der Waals surface area contributed by atoms with E-state index >= 15 is 0 Å². The topological polar surface area (TPSA) is 34.4 Å². The maximum Gasteiger partial charge on any atom is 0.131 e. The molecule has 115 valence electrons. The van der Waals surface area contributed by atoms with Gasteiger partial charge in [0.05, 0.1) is 17.7 Å². The second kappa shape index (κ2) is 5.56. The highest BCUT2D eigenvalue weighted by atomic mass is 32.2. The van der Waals surface area contributed by atoms with Crippen molar-refractivity contribution in [3.8, 4) is 17.2 Å². The van der Waals surface area contributed by atoms with Gasteiger partial charge in [-0.3, -0.25) is 0 Å². The number of hydrogen-bond donors (Lipinski definition) is 1. The highest BCUT2D eigenvalue weighted by molar-refractivity contribution is 8.20. The summed E-state index contributed by atoms with van der Waals surface area (Å²) in [5, 5.41) is 12.7.